The Hall–Kier alpha value is -1.25. The summed E-state index contributed by atoms with van der Waals surface area (Å²) >= 11 is 0. The zero-order valence-electron chi connectivity index (χ0n) is 10.1. The van der Waals surface area contributed by atoms with E-state index in [1.165, 1.54) is 19.1 Å². The highest BCUT2D eigenvalue weighted by molar-refractivity contribution is 14.0. The summed E-state index contributed by atoms with van der Waals surface area (Å²) in [4.78, 5) is 15.0. The van der Waals surface area contributed by atoms with Crippen molar-refractivity contribution in [2.45, 2.75) is 25.4 Å². The van der Waals surface area contributed by atoms with Gasteiger partial charge in [-0.05, 0) is 18.9 Å². The summed E-state index contributed by atoms with van der Waals surface area (Å²) in [6.07, 6.45) is 3.73. The fraction of sp³-hybridized carbons (Fsp3) is 0.455. The summed E-state index contributed by atoms with van der Waals surface area (Å²) < 4.78 is 5.20. The second-order valence-corrected chi connectivity index (χ2v) is 4.01. The molecule has 1 aromatic rings. The number of furan rings is 1. The summed E-state index contributed by atoms with van der Waals surface area (Å²) in [6, 6.07) is 2.17. The fourth-order valence-electron chi connectivity index (χ4n) is 1.39. The van der Waals surface area contributed by atoms with Gasteiger partial charge in [0.1, 0.15) is 12.0 Å². The Bertz CT molecular complexity index is 440. The molecule has 2 rings (SSSR count). The molecule has 0 atom stereocenters. The second-order valence-electron chi connectivity index (χ2n) is 4.01. The Kier molecular flexibility index (Phi) is 5.45. The molecule has 1 aromatic heterocycles. The van der Waals surface area contributed by atoms with Gasteiger partial charge in [-0.3, -0.25) is 9.79 Å². The molecule has 6 nitrogen and oxygen atoms in total. The van der Waals surface area contributed by atoms with E-state index < -0.39 is 5.91 Å². The van der Waals surface area contributed by atoms with Crippen molar-refractivity contribution in [1.29, 1.82) is 0 Å². The maximum Gasteiger partial charge on any atom is 0.251 e. The zero-order chi connectivity index (χ0) is 12.3. The molecular weight excluding hydrogens is 347 g/mol. The lowest BCUT2D eigenvalue weighted by molar-refractivity contribution is 0.0999. The molecule has 0 unspecified atom stereocenters. The van der Waals surface area contributed by atoms with Crippen LogP contribution in [0.1, 0.15) is 29.0 Å². The van der Waals surface area contributed by atoms with E-state index in [1.807, 2.05) is 0 Å². The van der Waals surface area contributed by atoms with Crippen LogP contribution in [0.4, 0.5) is 0 Å². The van der Waals surface area contributed by atoms with Crippen molar-refractivity contribution in [1.82, 2.24) is 10.6 Å². The Morgan fingerprint density at radius 1 is 1.61 bits per heavy atom. The monoisotopic (exact) mass is 364 g/mol. The van der Waals surface area contributed by atoms with Gasteiger partial charge in [-0.2, -0.15) is 0 Å². The Balaban J connectivity index is 0.00000162. The van der Waals surface area contributed by atoms with E-state index in [-0.39, 0.29) is 24.0 Å². The van der Waals surface area contributed by atoms with Crippen molar-refractivity contribution in [3.8, 4) is 0 Å². The lowest BCUT2D eigenvalue weighted by atomic mass is 10.3. The van der Waals surface area contributed by atoms with Crippen LogP contribution in [0.25, 0.3) is 0 Å². The van der Waals surface area contributed by atoms with Crippen LogP contribution in [0.5, 0.6) is 0 Å². The number of hydrogen-bond acceptors (Lipinski definition) is 3. The van der Waals surface area contributed by atoms with Crippen molar-refractivity contribution in [3.05, 3.63) is 23.7 Å². The first-order chi connectivity index (χ1) is 8.19. The van der Waals surface area contributed by atoms with Crippen LogP contribution in [0.2, 0.25) is 0 Å². The molecule has 18 heavy (non-hydrogen) atoms. The molecular formula is C11H17IN4O2. The number of guanidine groups is 1. The van der Waals surface area contributed by atoms with Gasteiger partial charge < -0.3 is 20.8 Å². The smallest absolute Gasteiger partial charge is 0.251 e. The van der Waals surface area contributed by atoms with Crippen LogP contribution in [0.3, 0.4) is 0 Å². The van der Waals surface area contributed by atoms with E-state index in [1.54, 1.807) is 13.1 Å². The van der Waals surface area contributed by atoms with E-state index >= 15 is 0 Å². The summed E-state index contributed by atoms with van der Waals surface area (Å²) in [5.41, 5.74) is 5.51. The van der Waals surface area contributed by atoms with Crippen LogP contribution in [0.15, 0.2) is 21.7 Å². The predicted molar refractivity (Wildman–Crippen MR) is 79.0 cm³/mol. The number of nitrogens with two attached hydrogens (primary N) is 1. The van der Waals surface area contributed by atoms with Gasteiger partial charge in [0.05, 0.1) is 12.1 Å². The number of aliphatic imine (C=N–C) groups is 1. The van der Waals surface area contributed by atoms with Crippen LogP contribution in [-0.4, -0.2) is 25.0 Å². The molecule has 0 spiro atoms. The van der Waals surface area contributed by atoms with E-state index in [9.17, 15) is 4.79 Å². The first-order valence-electron chi connectivity index (χ1n) is 5.53. The number of halogens is 1. The largest absolute Gasteiger partial charge is 0.467 e. The summed E-state index contributed by atoms with van der Waals surface area (Å²) in [5, 5.41) is 6.35. The standard InChI is InChI=1S/C11H16N4O2.HI/c1-13-11(15-8-2-3-8)14-5-9-4-7(6-17-9)10(12)16;/h4,6,8H,2-3,5H2,1H3,(H2,12,16)(H2,13,14,15);1H. The highest BCUT2D eigenvalue weighted by Crippen LogP contribution is 2.18. The highest BCUT2D eigenvalue weighted by Gasteiger charge is 2.22. The number of primary amides is 1. The first kappa shape index (κ1) is 14.8. The average Bonchev–Trinajstić information content (AvgIpc) is 2.99. The van der Waals surface area contributed by atoms with Gasteiger partial charge in [-0.15, -0.1) is 24.0 Å². The van der Waals surface area contributed by atoms with Crippen molar-refractivity contribution in [2.24, 2.45) is 10.7 Å². The molecule has 1 aliphatic carbocycles. The molecule has 1 fully saturated rings. The number of nitrogens with zero attached hydrogens (tertiary/aromatic N) is 1. The maximum atomic E-state index is 10.9. The van der Waals surface area contributed by atoms with Gasteiger partial charge in [0, 0.05) is 13.1 Å². The third-order valence-electron chi connectivity index (χ3n) is 2.51. The minimum atomic E-state index is -0.486. The van der Waals surface area contributed by atoms with Gasteiger partial charge >= 0.3 is 0 Å². The van der Waals surface area contributed by atoms with E-state index in [4.69, 9.17) is 10.2 Å². The maximum absolute atomic E-state index is 10.9. The third kappa shape index (κ3) is 4.21. The molecule has 1 heterocycles. The molecule has 0 aromatic carbocycles. The molecule has 1 amide bonds. The van der Waals surface area contributed by atoms with Crippen LogP contribution < -0.4 is 16.4 Å². The summed E-state index contributed by atoms with van der Waals surface area (Å²) in [6.45, 7) is 0.472. The number of rotatable bonds is 4. The van der Waals surface area contributed by atoms with Gasteiger partial charge in [0.25, 0.3) is 5.91 Å². The second kappa shape index (κ2) is 6.62. The normalized spacial score (nSPS) is 14.8. The number of amides is 1. The molecule has 7 heteroatoms. The Labute approximate surface area is 122 Å². The fourth-order valence-corrected chi connectivity index (χ4v) is 1.39. The number of hydrogen-bond donors (Lipinski definition) is 3. The Morgan fingerprint density at radius 3 is 2.83 bits per heavy atom. The molecule has 100 valence electrons. The molecule has 0 radical (unpaired) electrons. The zero-order valence-corrected chi connectivity index (χ0v) is 12.4. The van der Waals surface area contributed by atoms with E-state index in [0.717, 1.165) is 5.96 Å². The third-order valence-corrected chi connectivity index (χ3v) is 2.51. The van der Waals surface area contributed by atoms with Crippen molar-refractivity contribution in [2.75, 3.05) is 7.05 Å². The lowest BCUT2D eigenvalue weighted by Gasteiger charge is -2.09. The Morgan fingerprint density at radius 2 is 2.33 bits per heavy atom. The van der Waals surface area contributed by atoms with E-state index in [2.05, 4.69) is 15.6 Å². The minimum Gasteiger partial charge on any atom is -0.467 e. The van der Waals surface area contributed by atoms with Crippen molar-refractivity contribution >= 4 is 35.8 Å². The quantitative estimate of drug-likeness (QED) is 0.419. The average molecular weight is 364 g/mol. The van der Waals surface area contributed by atoms with Crippen LogP contribution in [0, 0.1) is 0 Å². The van der Waals surface area contributed by atoms with E-state index in [0.29, 0.717) is 23.9 Å². The lowest BCUT2D eigenvalue weighted by Crippen LogP contribution is -2.37. The van der Waals surface area contributed by atoms with Gasteiger partial charge in [-0.25, -0.2) is 0 Å². The molecule has 0 aliphatic heterocycles. The number of carbonyl (C=O) groups is 1. The highest BCUT2D eigenvalue weighted by atomic mass is 127. The molecule has 0 saturated heterocycles. The molecule has 1 saturated carbocycles. The molecule has 0 bridgehead atoms. The first-order valence-corrected chi connectivity index (χ1v) is 5.53. The topological polar surface area (TPSA) is 92.6 Å². The summed E-state index contributed by atoms with van der Waals surface area (Å²) in [5.74, 6) is 0.905. The van der Waals surface area contributed by atoms with Crippen molar-refractivity contribution in [3.63, 3.8) is 0 Å². The molecule has 1 aliphatic rings. The predicted octanol–water partition coefficient (Wildman–Crippen LogP) is 0.824. The molecule has 4 N–H and O–H groups in total. The van der Waals surface area contributed by atoms with Crippen LogP contribution in [-0.2, 0) is 6.54 Å². The van der Waals surface area contributed by atoms with Crippen molar-refractivity contribution < 1.29 is 9.21 Å². The summed E-state index contributed by atoms with van der Waals surface area (Å²) in [7, 11) is 1.72. The van der Waals surface area contributed by atoms with Gasteiger partial charge in [0.15, 0.2) is 5.96 Å². The SMILES string of the molecule is CN=C(NCc1cc(C(N)=O)co1)NC1CC1.I. The minimum absolute atomic E-state index is 0. The number of carbonyl (C=O) groups excluding carboxylic acids is 1. The van der Waals surface area contributed by atoms with Gasteiger partial charge in [-0.1, -0.05) is 0 Å². The van der Waals surface area contributed by atoms with Crippen LogP contribution >= 0.6 is 24.0 Å². The number of nitrogens with one attached hydrogen (secondary N) is 2. The van der Waals surface area contributed by atoms with Gasteiger partial charge in [0.2, 0.25) is 0 Å².